The minimum atomic E-state index is 0.522. The lowest BCUT2D eigenvalue weighted by molar-refractivity contribution is 0.525. The third kappa shape index (κ3) is 1.07. The van der Waals surface area contributed by atoms with Crippen LogP contribution in [0.2, 0.25) is 0 Å². The molecule has 4 heteroatoms. The van der Waals surface area contributed by atoms with E-state index in [0.29, 0.717) is 6.04 Å². The average molecular weight is 166 g/mol. The second kappa shape index (κ2) is 2.77. The Morgan fingerprint density at radius 2 is 2.25 bits per heavy atom. The summed E-state index contributed by atoms with van der Waals surface area (Å²) >= 11 is 0. The van der Waals surface area contributed by atoms with Crippen molar-refractivity contribution in [3.8, 4) is 0 Å². The summed E-state index contributed by atoms with van der Waals surface area (Å²) in [7, 11) is 0. The lowest BCUT2D eigenvalue weighted by Crippen LogP contribution is -2.37. The van der Waals surface area contributed by atoms with Gasteiger partial charge in [-0.2, -0.15) is 0 Å². The van der Waals surface area contributed by atoms with E-state index in [1.54, 1.807) is 0 Å². The summed E-state index contributed by atoms with van der Waals surface area (Å²) in [5, 5.41) is 8.01. The standard InChI is InChI=1S/C8H14N4/c1-7(2)12-5-3-4-11-6-9-10-8(11)12/h6-7H,3-5H2,1-2H3. The maximum absolute atomic E-state index is 4.10. The van der Waals surface area contributed by atoms with Gasteiger partial charge in [-0.3, -0.25) is 4.57 Å². The van der Waals surface area contributed by atoms with E-state index in [0.717, 1.165) is 19.0 Å². The summed E-state index contributed by atoms with van der Waals surface area (Å²) < 4.78 is 2.11. The molecule has 2 heterocycles. The SMILES string of the molecule is CC(C)N1CCCn2cnnc21. The highest BCUT2D eigenvalue weighted by atomic mass is 15.4. The zero-order valence-electron chi connectivity index (χ0n) is 7.56. The Kier molecular flexibility index (Phi) is 1.75. The molecule has 0 radical (unpaired) electrons. The van der Waals surface area contributed by atoms with Gasteiger partial charge >= 0.3 is 0 Å². The minimum absolute atomic E-state index is 0.522. The number of anilines is 1. The molecule has 12 heavy (non-hydrogen) atoms. The van der Waals surface area contributed by atoms with Crippen LogP contribution in [-0.2, 0) is 6.54 Å². The molecular formula is C8H14N4. The molecule has 0 bridgehead atoms. The maximum atomic E-state index is 4.10. The van der Waals surface area contributed by atoms with Gasteiger partial charge in [0.15, 0.2) is 0 Å². The number of aryl methyl sites for hydroxylation is 1. The zero-order chi connectivity index (χ0) is 8.55. The van der Waals surface area contributed by atoms with E-state index in [-0.39, 0.29) is 0 Å². The van der Waals surface area contributed by atoms with E-state index < -0.39 is 0 Å². The van der Waals surface area contributed by atoms with Crippen molar-refractivity contribution in [2.75, 3.05) is 11.4 Å². The number of nitrogens with zero attached hydrogens (tertiary/aromatic N) is 4. The molecule has 0 saturated heterocycles. The molecule has 0 aromatic carbocycles. The molecule has 1 aromatic rings. The molecular weight excluding hydrogens is 152 g/mol. The van der Waals surface area contributed by atoms with Crippen LogP contribution in [-0.4, -0.2) is 27.4 Å². The number of hydrogen-bond acceptors (Lipinski definition) is 3. The van der Waals surface area contributed by atoms with Crippen LogP contribution in [0.3, 0.4) is 0 Å². The zero-order valence-corrected chi connectivity index (χ0v) is 7.56. The quantitative estimate of drug-likeness (QED) is 0.621. The van der Waals surface area contributed by atoms with E-state index in [4.69, 9.17) is 0 Å². The van der Waals surface area contributed by atoms with Crippen molar-refractivity contribution in [2.45, 2.75) is 32.9 Å². The van der Waals surface area contributed by atoms with Gasteiger partial charge in [0.2, 0.25) is 5.95 Å². The van der Waals surface area contributed by atoms with E-state index in [1.165, 1.54) is 6.42 Å². The lowest BCUT2D eigenvalue weighted by atomic mass is 10.2. The van der Waals surface area contributed by atoms with Crippen molar-refractivity contribution in [3.63, 3.8) is 0 Å². The second-order valence-corrected chi connectivity index (χ2v) is 3.47. The first kappa shape index (κ1) is 7.58. The summed E-state index contributed by atoms with van der Waals surface area (Å²) in [5.74, 6) is 1.02. The predicted molar refractivity (Wildman–Crippen MR) is 47.1 cm³/mol. The third-order valence-corrected chi connectivity index (χ3v) is 2.27. The molecule has 4 nitrogen and oxygen atoms in total. The van der Waals surface area contributed by atoms with Crippen molar-refractivity contribution in [3.05, 3.63) is 6.33 Å². The summed E-state index contributed by atoms with van der Waals surface area (Å²) in [6.45, 7) is 6.54. The van der Waals surface area contributed by atoms with Crippen molar-refractivity contribution in [1.29, 1.82) is 0 Å². The maximum Gasteiger partial charge on any atom is 0.227 e. The normalized spacial score (nSPS) is 16.8. The molecule has 0 unspecified atom stereocenters. The Hall–Kier alpha value is -1.06. The molecule has 0 saturated carbocycles. The molecule has 0 atom stereocenters. The summed E-state index contributed by atoms with van der Waals surface area (Å²) in [4.78, 5) is 2.29. The smallest absolute Gasteiger partial charge is 0.227 e. The molecule has 0 aliphatic carbocycles. The fourth-order valence-corrected chi connectivity index (χ4v) is 1.63. The van der Waals surface area contributed by atoms with Crippen LogP contribution < -0.4 is 4.90 Å². The highest BCUT2D eigenvalue weighted by Crippen LogP contribution is 2.18. The van der Waals surface area contributed by atoms with Crippen LogP contribution >= 0.6 is 0 Å². The molecule has 0 amide bonds. The Balaban J connectivity index is 2.31. The van der Waals surface area contributed by atoms with Gasteiger partial charge in [-0.1, -0.05) is 0 Å². The number of hydrogen-bond donors (Lipinski definition) is 0. The van der Waals surface area contributed by atoms with Gasteiger partial charge in [0.25, 0.3) is 0 Å². The number of aromatic nitrogens is 3. The van der Waals surface area contributed by atoms with Crippen LogP contribution in [0.4, 0.5) is 5.95 Å². The first-order chi connectivity index (χ1) is 5.79. The van der Waals surface area contributed by atoms with Crippen LogP contribution in [0.1, 0.15) is 20.3 Å². The fraction of sp³-hybridized carbons (Fsp3) is 0.750. The van der Waals surface area contributed by atoms with Gasteiger partial charge in [0.05, 0.1) is 0 Å². The fourth-order valence-electron chi connectivity index (χ4n) is 1.63. The van der Waals surface area contributed by atoms with Crippen molar-refractivity contribution >= 4 is 5.95 Å². The molecule has 0 fully saturated rings. The Morgan fingerprint density at radius 1 is 1.42 bits per heavy atom. The minimum Gasteiger partial charge on any atom is -0.338 e. The van der Waals surface area contributed by atoms with Crippen molar-refractivity contribution < 1.29 is 0 Å². The van der Waals surface area contributed by atoms with E-state index in [9.17, 15) is 0 Å². The van der Waals surface area contributed by atoms with Gasteiger partial charge in [0.1, 0.15) is 6.33 Å². The van der Waals surface area contributed by atoms with Gasteiger partial charge in [-0.25, -0.2) is 0 Å². The number of rotatable bonds is 1. The van der Waals surface area contributed by atoms with Gasteiger partial charge in [0, 0.05) is 19.1 Å². The predicted octanol–water partition coefficient (Wildman–Crippen LogP) is 0.897. The Bertz CT molecular complexity index is 266. The van der Waals surface area contributed by atoms with Gasteiger partial charge in [-0.05, 0) is 20.3 Å². The Morgan fingerprint density at radius 3 is 3.00 bits per heavy atom. The van der Waals surface area contributed by atoms with Crippen LogP contribution in [0.5, 0.6) is 0 Å². The van der Waals surface area contributed by atoms with Crippen LogP contribution in [0.25, 0.3) is 0 Å². The highest BCUT2D eigenvalue weighted by molar-refractivity contribution is 5.32. The molecule has 2 rings (SSSR count). The molecule has 1 aliphatic heterocycles. The van der Waals surface area contributed by atoms with Crippen LogP contribution in [0, 0.1) is 0 Å². The van der Waals surface area contributed by atoms with E-state index in [1.807, 2.05) is 6.33 Å². The summed E-state index contributed by atoms with van der Waals surface area (Å²) in [6.07, 6.45) is 3.01. The van der Waals surface area contributed by atoms with Gasteiger partial charge in [-0.15, -0.1) is 10.2 Å². The monoisotopic (exact) mass is 166 g/mol. The van der Waals surface area contributed by atoms with E-state index in [2.05, 4.69) is 33.5 Å². The highest BCUT2D eigenvalue weighted by Gasteiger charge is 2.20. The first-order valence-electron chi connectivity index (χ1n) is 4.43. The Labute approximate surface area is 72.2 Å². The largest absolute Gasteiger partial charge is 0.338 e. The first-order valence-corrected chi connectivity index (χ1v) is 4.43. The molecule has 1 aliphatic rings. The topological polar surface area (TPSA) is 34.0 Å². The molecule has 1 aromatic heterocycles. The summed E-state index contributed by atoms with van der Waals surface area (Å²) in [6, 6.07) is 0.522. The molecule has 0 spiro atoms. The lowest BCUT2D eigenvalue weighted by Gasteiger charge is -2.31. The average Bonchev–Trinajstić information content (AvgIpc) is 2.49. The molecule has 0 N–H and O–H groups in total. The van der Waals surface area contributed by atoms with Crippen molar-refractivity contribution in [1.82, 2.24) is 14.8 Å². The van der Waals surface area contributed by atoms with E-state index >= 15 is 0 Å². The van der Waals surface area contributed by atoms with Crippen molar-refractivity contribution in [2.24, 2.45) is 0 Å². The second-order valence-electron chi connectivity index (χ2n) is 3.47. The summed E-state index contributed by atoms with van der Waals surface area (Å²) in [5.41, 5.74) is 0. The number of fused-ring (bicyclic) bond motifs is 1. The van der Waals surface area contributed by atoms with Crippen LogP contribution in [0.15, 0.2) is 6.33 Å². The third-order valence-electron chi connectivity index (χ3n) is 2.27. The molecule has 66 valence electrons. The van der Waals surface area contributed by atoms with Gasteiger partial charge < -0.3 is 4.90 Å².